The summed E-state index contributed by atoms with van der Waals surface area (Å²) in [7, 11) is 1.58. The maximum Gasteiger partial charge on any atom is 0.255 e. The van der Waals surface area contributed by atoms with E-state index in [4.69, 9.17) is 4.74 Å². The number of thiol groups is 1. The normalized spacial score (nSPS) is 11.1. The minimum atomic E-state index is -0.161. The molecule has 0 atom stereocenters. The molecular formula is C22H21N3O2S. The van der Waals surface area contributed by atoms with Crippen LogP contribution in [0.15, 0.2) is 54.6 Å². The van der Waals surface area contributed by atoms with Gasteiger partial charge in [0.15, 0.2) is 0 Å². The van der Waals surface area contributed by atoms with Gasteiger partial charge in [0.2, 0.25) is 0 Å². The molecule has 6 heteroatoms. The number of carbonyl (C=O) groups excluding carboxylic acids is 1. The number of aromatic amines is 1. The summed E-state index contributed by atoms with van der Waals surface area (Å²) >= 11 is 4.18. The van der Waals surface area contributed by atoms with Crippen LogP contribution < -0.4 is 10.1 Å². The zero-order chi connectivity index (χ0) is 19.5. The zero-order valence-corrected chi connectivity index (χ0v) is 16.4. The van der Waals surface area contributed by atoms with Gasteiger partial charge in [0, 0.05) is 12.1 Å². The van der Waals surface area contributed by atoms with Crippen LogP contribution in [0.3, 0.4) is 0 Å². The van der Waals surface area contributed by atoms with Gasteiger partial charge in [-0.05, 0) is 41.1 Å². The molecule has 142 valence electrons. The molecule has 4 aromatic rings. The molecule has 3 aromatic carbocycles. The van der Waals surface area contributed by atoms with Crippen LogP contribution in [0.1, 0.15) is 16.8 Å². The number of amides is 1. The molecule has 0 spiro atoms. The van der Waals surface area contributed by atoms with Gasteiger partial charge in [-0.1, -0.05) is 36.4 Å². The molecule has 0 aliphatic carbocycles. The highest BCUT2D eigenvalue weighted by molar-refractivity contribution is 7.80. The van der Waals surface area contributed by atoms with E-state index in [2.05, 4.69) is 52.4 Å². The lowest BCUT2D eigenvalue weighted by atomic mass is 10.0. The Morgan fingerprint density at radius 1 is 1.14 bits per heavy atom. The third-order valence-electron chi connectivity index (χ3n) is 4.77. The molecule has 1 aromatic heterocycles. The standard InChI is InChI=1S/C22H21N3O2S/c1-27-21-17(22(26)23-11-4-12-28)9-10-18-19(21)20(25-24-18)16-8-7-14-5-2-3-6-15(14)13-16/h2-3,5-10,13,28H,4,11-12H2,1H3,(H,23,26)(H,24,25). The molecule has 0 saturated heterocycles. The summed E-state index contributed by atoms with van der Waals surface area (Å²) in [6.45, 7) is 0.576. The van der Waals surface area contributed by atoms with Crippen molar-refractivity contribution in [3.63, 3.8) is 0 Å². The maximum atomic E-state index is 12.6. The number of rotatable bonds is 6. The minimum Gasteiger partial charge on any atom is -0.495 e. The van der Waals surface area contributed by atoms with Gasteiger partial charge in [0.1, 0.15) is 11.4 Å². The Bertz CT molecular complexity index is 1150. The zero-order valence-electron chi connectivity index (χ0n) is 15.5. The monoisotopic (exact) mass is 391 g/mol. The highest BCUT2D eigenvalue weighted by Gasteiger charge is 2.20. The number of hydrogen-bond acceptors (Lipinski definition) is 4. The molecule has 0 aliphatic rings. The van der Waals surface area contributed by atoms with Gasteiger partial charge in [-0.3, -0.25) is 9.89 Å². The Balaban J connectivity index is 1.83. The molecular weight excluding hydrogens is 370 g/mol. The maximum absolute atomic E-state index is 12.6. The number of H-pyrrole nitrogens is 1. The fraction of sp³-hybridized carbons (Fsp3) is 0.182. The van der Waals surface area contributed by atoms with E-state index in [1.54, 1.807) is 13.2 Å². The number of methoxy groups -OCH3 is 1. The average Bonchev–Trinajstić information content (AvgIpc) is 3.17. The molecule has 1 heterocycles. The predicted octanol–water partition coefficient (Wildman–Crippen LogP) is 4.44. The minimum absolute atomic E-state index is 0.161. The van der Waals surface area contributed by atoms with E-state index in [1.807, 2.05) is 24.3 Å². The van der Waals surface area contributed by atoms with Crippen LogP contribution in [0.5, 0.6) is 5.75 Å². The van der Waals surface area contributed by atoms with Crippen molar-refractivity contribution >= 4 is 40.2 Å². The largest absolute Gasteiger partial charge is 0.495 e. The van der Waals surface area contributed by atoms with Gasteiger partial charge >= 0.3 is 0 Å². The molecule has 2 N–H and O–H groups in total. The van der Waals surface area contributed by atoms with Gasteiger partial charge in [-0.2, -0.15) is 17.7 Å². The first-order valence-electron chi connectivity index (χ1n) is 9.16. The van der Waals surface area contributed by atoms with Crippen molar-refractivity contribution in [1.82, 2.24) is 15.5 Å². The molecule has 0 fully saturated rings. The lowest BCUT2D eigenvalue weighted by Gasteiger charge is -2.11. The second-order valence-electron chi connectivity index (χ2n) is 6.54. The number of benzene rings is 3. The summed E-state index contributed by atoms with van der Waals surface area (Å²) in [4.78, 5) is 12.6. The van der Waals surface area contributed by atoms with Gasteiger partial charge in [0.05, 0.1) is 23.6 Å². The van der Waals surface area contributed by atoms with E-state index < -0.39 is 0 Å². The second kappa shape index (κ2) is 7.94. The smallest absolute Gasteiger partial charge is 0.255 e. The van der Waals surface area contributed by atoms with Gasteiger partial charge in [-0.25, -0.2) is 0 Å². The van der Waals surface area contributed by atoms with Crippen molar-refractivity contribution in [2.24, 2.45) is 0 Å². The molecule has 0 radical (unpaired) electrons. The summed E-state index contributed by atoms with van der Waals surface area (Å²) in [5.74, 6) is 1.09. The lowest BCUT2D eigenvalue weighted by molar-refractivity contribution is 0.0951. The van der Waals surface area contributed by atoms with E-state index in [1.165, 1.54) is 5.39 Å². The molecule has 0 aliphatic heterocycles. The lowest BCUT2D eigenvalue weighted by Crippen LogP contribution is -2.25. The van der Waals surface area contributed by atoms with Crippen molar-refractivity contribution in [3.05, 3.63) is 60.2 Å². The third kappa shape index (κ3) is 3.31. The Morgan fingerprint density at radius 2 is 1.96 bits per heavy atom. The van der Waals surface area contributed by atoms with Crippen LogP contribution >= 0.6 is 12.6 Å². The molecule has 0 saturated carbocycles. The number of hydrogen-bond donors (Lipinski definition) is 3. The third-order valence-corrected chi connectivity index (χ3v) is 5.09. The molecule has 5 nitrogen and oxygen atoms in total. The van der Waals surface area contributed by atoms with Crippen LogP contribution in [-0.4, -0.2) is 35.5 Å². The molecule has 4 rings (SSSR count). The van der Waals surface area contributed by atoms with E-state index in [0.29, 0.717) is 17.9 Å². The highest BCUT2D eigenvalue weighted by atomic mass is 32.1. The number of ether oxygens (including phenoxy) is 1. The first-order valence-corrected chi connectivity index (χ1v) is 9.79. The molecule has 0 unspecified atom stereocenters. The van der Waals surface area contributed by atoms with Crippen molar-refractivity contribution in [3.8, 4) is 17.0 Å². The van der Waals surface area contributed by atoms with Crippen molar-refractivity contribution < 1.29 is 9.53 Å². The van der Waals surface area contributed by atoms with Gasteiger partial charge in [-0.15, -0.1) is 0 Å². The van der Waals surface area contributed by atoms with Gasteiger partial charge in [0.25, 0.3) is 5.91 Å². The first kappa shape index (κ1) is 18.4. The number of fused-ring (bicyclic) bond motifs is 2. The summed E-state index contributed by atoms with van der Waals surface area (Å²) in [6, 6.07) is 18.0. The quantitative estimate of drug-likeness (QED) is 0.336. The Hall–Kier alpha value is -2.99. The van der Waals surface area contributed by atoms with E-state index in [0.717, 1.165) is 39.7 Å². The van der Waals surface area contributed by atoms with Gasteiger partial charge < -0.3 is 10.1 Å². The predicted molar refractivity (Wildman–Crippen MR) is 116 cm³/mol. The van der Waals surface area contributed by atoms with Crippen LogP contribution in [0.25, 0.3) is 32.9 Å². The second-order valence-corrected chi connectivity index (χ2v) is 6.98. The highest BCUT2D eigenvalue weighted by Crippen LogP contribution is 2.37. The van der Waals surface area contributed by atoms with Crippen LogP contribution in [0.2, 0.25) is 0 Å². The van der Waals surface area contributed by atoms with E-state index in [-0.39, 0.29) is 5.91 Å². The molecule has 0 bridgehead atoms. The Labute approximate surface area is 168 Å². The summed E-state index contributed by atoms with van der Waals surface area (Å²) in [6.07, 6.45) is 0.813. The fourth-order valence-electron chi connectivity index (χ4n) is 3.40. The van der Waals surface area contributed by atoms with E-state index >= 15 is 0 Å². The van der Waals surface area contributed by atoms with Crippen molar-refractivity contribution in [2.45, 2.75) is 6.42 Å². The van der Waals surface area contributed by atoms with Crippen molar-refractivity contribution in [2.75, 3.05) is 19.4 Å². The number of nitrogens with zero attached hydrogens (tertiary/aromatic N) is 1. The fourth-order valence-corrected chi connectivity index (χ4v) is 3.55. The topological polar surface area (TPSA) is 67.0 Å². The Morgan fingerprint density at radius 3 is 2.75 bits per heavy atom. The van der Waals surface area contributed by atoms with Crippen LogP contribution in [-0.2, 0) is 0 Å². The SMILES string of the molecule is COc1c(C(=O)NCCCS)ccc2[nH]nc(-c3ccc4ccccc4c3)c12. The number of nitrogens with one attached hydrogen (secondary N) is 2. The first-order chi connectivity index (χ1) is 13.7. The van der Waals surface area contributed by atoms with Crippen LogP contribution in [0.4, 0.5) is 0 Å². The molecule has 28 heavy (non-hydrogen) atoms. The number of carbonyl (C=O) groups is 1. The summed E-state index contributed by atoms with van der Waals surface area (Å²) in [5.41, 5.74) is 3.06. The number of aromatic nitrogens is 2. The summed E-state index contributed by atoms with van der Waals surface area (Å²) < 4.78 is 5.66. The van der Waals surface area contributed by atoms with E-state index in [9.17, 15) is 4.79 Å². The Kier molecular flexibility index (Phi) is 5.21. The van der Waals surface area contributed by atoms with Crippen molar-refractivity contribution in [1.29, 1.82) is 0 Å². The average molecular weight is 391 g/mol. The van der Waals surface area contributed by atoms with Crippen LogP contribution in [0, 0.1) is 0 Å². The summed E-state index contributed by atoms with van der Waals surface area (Å²) in [5, 5.41) is 13.6. The molecule has 1 amide bonds.